The molecule has 23 heavy (non-hydrogen) atoms. The molecule has 0 amide bonds. The highest BCUT2D eigenvalue weighted by molar-refractivity contribution is 5.15. The molecule has 1 aliphatic heterocycles. The van der Waals surface area contributed by atoms with Crippen LogP contribution in [0.25, 0.3) is 0 Å². The molecule has 0 aliphatic carbocycles. The van der Waals surface area contributed by atoms with Crippen molar-refractivity contribution in [2.75, 3.05) is 32.7 Å². The van der Waals surface area contributed by atoms with E-state index in [0.29, 0.717) is 12.2 Å². The van der Waals surface area contributed by atoms with Crippen LogP contribution < -0.4 is 0 Å². The largest absolute Gasteiger partial charge is 0.300 e. The number of hydrogen-bond acceptors (Lipinski definition) is 3. The molecule has 2 heterocycles. The number of halogens is 2. The Morgan fingerprint density at radius 3 is 2.35 bits per heavy atom. The van der Waals surface area contributed by atoms with Crippen molar-refractivity contribution in [2.45, 2.75) is 13.0 Å². The third kappa shape index (κ3) is 4.56. The monoisotopic (exact) mass is 317 g/mol. The van der Waals surface area contributed by atoms with E-state index in [9.17, 15) is 8.78 Å². The number of rotatable bonds is 5. The molecule has 1 aromatic heterocycles. The second kappa shape index (κ2) is 7.62. The summed E-state index contributed by atoms with van der Waals surface area (Å²) in [6.07, 6.45) is 2.13. The van der Waals surface area contributed by atoms with Crippen molar-refractivity contribution in [1.82, 2.24) is 14.8 Å². The number of pyridine rings is 1. The van der Waals surface area contributed by atoms with Crippen LogP contribution in [0.4, 0.5) is 8.78 Å². The molecule has 1 saturated heterocycles. The van der Waals surface area contributed by atoms with E-state index < -0.39 is 11.6 Å². The highest BCUT2D eigenvalue weighted by atomic mass is 19.1. The second-order valence-corrected chi connectivity index (χ2v) is 5.94. The van der Waals surface area contributed by atoms with E-state index in [0.717, 1.165) is 51.4 Å². The lowest BCUT2D eigenvalue weighted by Gasteiger charge is -2.34. The Hall–Kier alpha value is -1.85. The highest BCUT2D eigenvalue weighted by Gasteiger charge is 2.18. The van der Waals surface area contributed by atoms with Crippen molar-refractivity contribution < 1.29 is 8.78 Å². The first-order valence-corrected chi connectivity index (χ1v) is 7.99. The van der Waals surface area contributed by atoms with Gasteiger partial charge in [0, 0.05) is 45.3 Å². The molecule has 0 unspecified atom stereocenters. The van der Waals surface area contributed by atoms with Gasteiger partial charge in [0.2, 0.25) is 0 Å². The molecule has 3 rings (SSSR count). The van der Waals surface area contributed by atoms with Gasteiger partial charge in [-0.2, -0.15) is 0 Å². The number of piperazine rings is 1. The van der Waals surface area contributed by atoms with Crippen LogP contribution in [-0.4, -0.2) is 47.5 Å². The third-order valence-electron chi connectivity index (χ3n) is 4.28. The van der Waals surface area contributed by atoms with Gasteiger partial charge in [0.15, 0.2) is 0 Å². The maximum atomic E-state index is 13.7. The summed E-state index contributed by atoms with van der Waals surface area (Å²) in [6, 6.07) is 11.4. The van der Waals surface area contributed by atoms with Crippen molar-refractivity contribution in [3.63, 3.8) is 0 Å². The molecule has 0 saturated carbocycles. The van der Waals surface area contributed by atoms with E-state index in [4.69, 9.17) is 0 Å². The number of aromatic nitrogens is 1. The second-order valence-electron chi connectivity index (χ2n) is 5.94. The average molecular weight is 317 g/mol. The minimum atomic E-state index is -0.628. The van der Waals surface area contributed by atoms with Gasteiger partial charge in [-0.25, -0.2) is 8.78 Å². The fraction of sp³-hybridized carbons (Fsp3) is 0.389. The van der Waals surface area contributed by atoms with Gasteiger partial charge in [0.05, 0.1) is 11.9 Å². The zero-order valence-electron chi connectivity index (χ0n) is 13.1. The zero-order valence-corrected chi connectivity index (χ0v) is 13.1. The molecule has 0 radical (unpaired) electrons. The smallest absolute Gasteiger partial charge is 0.148 e. The minimum absolute atomic E-state index is 0.323. The average Bonchev–Trinajstić information content (AvgIpc) is 2.58. The summed E-state index contributed by atoms with van der Waals surface area (Å²) in [5, 5.41) is 0. The molecule has 0 N–H and O–H groups in total. The van der Waals surface area contributed by atoms with Crippen molar-refractivity contribution in [3.05, 3.63) is 65.5 Å². The van der Waals surface area contributed by atoms with Gasteiger partial charge in [-0.15, -0.1) is 0 Å². The van der Waals surface area contributed by atoms with E-state index in [2.05, 4.69) is 39.0 Å². The van der Waals surface area contributed by atoms with Gasteiger partial charge in [0.1, 0.15) is 11.6 Å². The summed E-state index contributed by atoms with van der Waals surface area (Å²) < 4.78 is 26.5. The van der Waals surface area contributed by atoms with Crippen molar-refractivity contribution in [1.29, 1.82) is 0 Å². The Bertz CT molecular complexity index is 625. The highest BCUT2D eigenvalue weighted by Crippen LogP contribution is 2.12. The fourth-order valence-corrected chi connectivity index (χ4v) is 2.87. The molecule has 2 aromatic rings. The minimum Gasteiger partial charge on any atom is -0.300 e. The van der Waals surface area contributed by atoms with Crippen molar-refractivity contribution in [3.8, 4) is 0 Å². The lowest BCUT2D eigenvalue weighted by molar-refractivity contribution is 0.126. The van der Waals surface area contributed by atoms with Gasteiger partial charge in [0.25, 0.3) is 0 Å². The summed E-state index contributed by atoms with van der Waals surface area (Å²) >= 11 is 0. The number of nitrogens with zero attached hydrogens (tertiary/aromatic N) is 3. The molecule has 5 heteroatoms. The normalized spacial score (nSPS) is 16.6. The summed E-state index contributed by atoms with van der Waals surface area (Å²) in [6.45, 7) is 5.19. The van der Waals surface area contributed by atoms with Gasteiger partial charge in [-0.3, -0.25) is 9.88 Å². The Morgan fingerprint density at radius 2 is 1.65 bits per heavy atom. The van der Waals surface area contributed by atoms with E-state index in [-0.39, 0.29) is 0 Å². The standard InChI is InChI=1S/C18H21F2N3/c19-16-12-17(20)18(21-13-16)14-23-10-8-22(9-11-23)7-6-15-4-2-1-3-5-15/h1-5,12-13H,6-11,14H2. The van der Waals surface area contributed by atoms with Crippen LogP contribution in [0.1, 0.15) is 11.3 Å². The SMILES string of the molecule is Fc1cnc(CN2CCN(CCc3ccccc3)CC2)c(F)c1. The number of hydrogen-bond donors (Lipinski definition) is 0. The Balaban J connectivity index is 1.45. The quantitative estimate of drug-likeness (QED) is 0.845. The van der Waals surface area contributed by atoms with Crippen LogP contribution in [-0.2, 0) is 13.0 Å². The summed E-state index contributed by atoms with van der Waals surface area (Å²) in [5.41, 5.74) is 1.68. The molecule has 0 bridgehead atoms. The number of benzene rings is 1. The first-order chi connectivity index (χ1) is 11.2. The van der Waals surface area contributed by atoms with E-state index >= 15 is 0 Å². The molecular weight excluding hydrogens is 296 g/mol. The fourth-order valence-electron chi connectivity index (χ4n) is 2.87. The predicted molar refractivity (Wildman–Crippen MR) is 86.0 cm³/mol. The Morgan fingerprint density at radius 1 is 0.957 bits per heavy atom. The topological polar surface area (TPSA) is 19.4 Å². The maximum Gasteiger partial charge on any atom is 0.148 e. The van der Waals surface area contributed by atoms with Gasteiger partial charge in [-0.1, -0.05) is 30.3 Å². The lowest BCUT2D eigenvalue weighted by Crippen LogP contribution is -2.46. The van der Waals surface area contributed by atoms with Crippen LogP contribution in [0.3, 0.4) is 0 Å². The van der Waals surface area contributed by atoms with Crippen LogP contribution in [0.15, 0.2) is 42.6 Å². The van der Waals surface area contributed by atoms with Crippen LogP contribution in [0.5, 0.6) is 0 Å². The first-order valence-electron chi connectivity index (χ1n) is 7.99. The summed E-state index contributed by atoms with van der Waals surface area (Å²) in [4.78, 5) is 8.46. The molecule has 1 fully saturated rings. The van der Waals surface area contributed by atoms with E-state index in [1.54, 1.807) is 0 Å². The third-order valence-corrected chi connectivity index (χ3v) is 4.28. The Labute approximate surface area is 135 Å². The Kier molecular flexibility index (Phi) is 5.31. The molecule has 0 spiro atoms. The van der Waals surface area contributed by atoms with Crippen molar-refractivity contribution >= 4 is 0 Å². The molecular formula is C18H21F2N3. The molecule has 3 nitrogen and oxygen atoms in total. The molecule has 1 aliphatic rings. The van der Waals surface area contributed by atoms with Crippen LogP contribution >= 0.6 is 0 Å². The molecule has 1 aromatic carbocycles. The maximum absolute atomic E-state index is 13.7. The van der Waals surface area contributed by atoms with Gasteiger partial charge in [-0.05, 0) is 12.0 Å². The zero-order chi connectivity index (χ0) is 16.1. The summed E-state index contributed by atoms with van der Waals surface area (Å²) in [5.74, 6) is -1.19. The van der Waals surface area contributed by atoms with Gasteiger partial charge < -0.3 is 4.90 Å². The van der Waals surface area contributed by atoms with E-state index in [1.807, 2.05) is 6.07 Å². The molecule has 122 valence electrons. The first kappa shape index (κ1) is 16.0. The summed E-state index contributed by atoms with van der Waals surface area (Å²) in [7, 11) is 0. The van der Waals surface area contributed by atoms with Gasteiger partial charge >= 0.3 is 0 Å². The molecule has 0 atom stereocenters. The lowest BCUT2D eigenvalue weighted by atomic mass is 10.1. The van der Waals surface area contributed by atoms with E-state index in [1.165, 1.54) is 5.56 Å². The van der Waals surface area contributed by atoms with Crippen molar-refractivity contribution in [2.24, 2.45) is 0 Å². The van der Waals surface area contributed by atoms with Crippen LogP contribution in [0, 0.1) is 11.6 Å². The predicted octanol–water partition coefficient (Wildman–Crippen LogP) is 2.72. The van der Waals surface area contributed by atoms with Crippen LogP contribution in [0.2, 0.25) is 0 Å².